The summed E-state index contributed by atoms with van der Waals surface area (Å²) in [5, 5.41) is 2.92. The van der Waals surface area contributed by atoms with Gasteiger partial charge in [0.25, 0.3) is 15.9 Å². The number of aryl methyl sites for hydroxylation is 2. The lowest BCUT2D eigenvalue weighted by Crippen LogP contribution is -2.26. The quantitative estimate of drug-likeness (QED) is 0.698. The predicted molar refractivity (Wildman–Crippen MR) is 112 cm³/mol. The van der Waals surface area contributed by atoms with Crippen molar-refractivity contribution in [3.63, 3.8) is 0 Å². The molecule has 3 rings (SSSR count). The summed E-state index contributed by atoms with van der Waals surface area (Å²) in [6.07, 6.45) is 0. The Morgan fingerprint density at radius 1 is 0.857 bits per heavy atom. The molecule has 0 bridgehead atoms. The maximum absolute atomic E-state index is 12.8. The van der Waals surface area contributed by atoms with E-state index < -0.39 is 10.0 Å². The molecule has 0 aliphatic carbocycles. The monoisotopic (exact) mass is 394 g/mol. The lowest BCUT2D eigenvalue weighted by molar-refractivity contribution is 0.102. The Kier molecular flexibility index (Phi) is 5.51. The first-order valence-electron chi connectivity index (χ1n) is 8.82. The van der Waals surface area contributed by atoms with Crippen molar-refractivity contribution in [1.29, 1.82) is 0 Å². The van der Waals surface area contributed by atoms with Crippen molar-refractivity contribution in [2.45, 2.75) is 18.7 Å². The number of carbonyl (C=O) groups is 1. The first-order chi connectivity index (χ1) is 13.3. The van der Waals surface area contributed by atoms with Gasteiger partial charge in [-0.1, -0.05) is 42.5 Å². The fraction of sp³-hybridized carbons (Fsp3) is 0.136. The van der Waals surface area contributed by atoms with Crippen LogP contribution in [0, 0.1) is 13.8 Å². The number of para-hydroxylation sites is 1. The van der Waals surface area contributed by atoms with Gasteiger partial charge >= 0.3 is 0 Å². The molecule has 3 aromatic rings. The van der Waals surface area contributed by atoms with Crippen LogP contribution in [0.2, 0.25) is 0 Å². The van der Waals surface area contributed by atoms with E-state index in [1.165, 1.54) is 11.4 Å². The first kappa shape index (κ1) is 19.6. The Morgan fingerprint density at radius 3 is 2.11 bits per heavy atom. The third-order valence-corrected chi connectivity index (χ3v) is 6.39. The first-order valence-corrected chi connectivity index (χ1v) is 10.3. The van der Waals surface area contributed by atoms with Crippen LogP contribution in [0.4, 0.5) is 11.4 Å². The minimum atomic E-state index is -3.71. The van der Waals surface area contributed by atoms with Crippen molar-refractivity contribution < 1.29 is 13.2 Å². The predicted octanol–water partition coefficient (Wildman–Crippen LogP) is 4.38. The van der Waals surface area contributed by atoms with Crippen LogP contribution in [0.25, 0.3) is 0 Å². The summed E-state index contributed by atoms with van der Waals surface area (Å²) in [5.41, 5.74) is 3.50. The Hall–Kier alpha value is -3.12. The number of amides is 1. The van der Waals surface area contributed by atoms with Gasteiger partial charge in [0.1, 0.15) is 0 Å². The number of carbonyl (C=O) groups excluding carboxylic acids is 1. The van der Waals surface area contributed by atoms with Crippen molar-refractivity contribution in [2.24, 2.45) is 0 Å². The van der Waals surface area contributed by atoms with Gasteiger partial charge in [-0.15, -0.1) is 0 Å². The fourth-order valence-electron chi connectivity index (χ4n) is 2.93. The average molecular weight is 394 g/mol. The molecule has 0 spiro atoms. The van der Waals surface area contributed by atoms with E-state index in [1.54, 1.807) is 54.6 Å². The minimum Gasteiger partial charge on any atom is -0.322 e. The molecule has 0 unspecified atom stereocenters. The standard InChI is InChI=1S/C22H22N2O3S/c1-16-9-7-10-17(2)21(16)23-22(25)18-11-8-12-19(15-18)24(3)28(26,27)20-13-5-4-6-14-20/h4-15H,1-3H3,(H,23,25). The van der Waals surface area contributed by atoms with Gasteiger partial charge in [-0.3, -0.25) is 9.10 Å². The molecule has 28 heavy (non-hydrogen) atoms. The number of hydrogen-bond acceptors (Lipinski definition) is 3. The van der Waals surface area contributed by atoms with Gasteiger partial charge in [-0.25, -0.2) is 8.42 Å². The zero-order valence-electron chi connectivity index (χ0n) is 16.0. The summed E-state index contributed by atoms with van der Waals surface area (Å²) in [4.78, 5) is 12.9. The summed E-state index contributed by atoms with van der Waals surface area (Å²) < 4.78 is 26.8. The molecule has 0 aliphatic heterocycles. The number of anilines is 2. The van der Waals surface area contributed by atoms with Crippen molar-refractivity contribution in [3.05, 3.63) is 89.5 Å². The van der Waals surface area contributed by atoms with Crippen LogP contribution in [0.15, 0.2) is 77.7 Å². The van der Waals surface area contributed by atoms with Crippen molar-refractivity contribution in [1.82, 2.24) is 0 Å². The van der Waals surface area contributed by atoms with E-state index in [9.17, 15) is 13.2 Å². The number of hydrogen-bond donors (Lipinski definition) is 1. The van der Waals surface area contributed by atoms with Crippen LogP contribution in [-0.4, -0.2) is 21.4 Å². The molecule has 1 N–H and O–H groups in total. The van der Waals surface area contributed by atoms with Gasteiger partial charge < -0.3 is 5.32 Å². The molecule has 0 atom stereocenters. The highest BCUT2D eigenvalue weighted by Crippen LogP contribution is 2.24. The number of benzene rings is 3. The van der Waals surface area contributed by atoms with Gasteiger partial charge in [-0.2, -0.15) is 0 Å². The summed E-state index contributed by atoms with van der Waals surface area (Å²) in [5.74, 6) is -0.287. The molecule has 0 heterocycles. The molecule has 0 fully saturated rings. The van der Waals surface area contributed by atoms with Crippen LogP contribution in [0.1, 0.15) is 21.5 Å². The van der Waals surface area contributed by atoms with Gasteiger partial charge in [0.15, 0.2) is 0 Å². The summed E-state index contributed by atoms with van der Waals surface area (Å²) >= 11 is 0. The van der Waals surface area contributed by atoms with Crippen LogP contribution in [-0.2, 0) is 10.0 Å². The number of nitrogens with zero attached hydrogens (tertiary/aromatic N) is 1. The highest BCUT2D eigenvalue weighted by atomic mass is 32.2. The number of nitrogens with one attached hydrogen (secondary N) is 1. The maximum atomic E-state index is 12.8. The second kappa shape index (κ2) is 7.86. The van der Waals surface area contributed by atoms with E-state index in [4.69, 9.17) is 0 Å². The fourth-order valence-corrected chi connectivity index (χ4v) is 4.14. The van der Waals surface area contributed by atoms with Crippen molar-refractivity contribution in [2.75, 3.05) is 16.7 Å². The molecule has 0 aromatic heterocycles. The lowest BCUT2D eigenvalue weighted by atomic mass is 10.1. The molecule has 0 radical (unpaired) electrons. The Balaban J connectivity index is 1.89. The summed E-state index contributed by atoms with van der Waals surface area (Å²) in [6.45, 7) is 3.86. The molecular weight excluding hydrogens is 372 g/mol. The Labute approximate surface area is 165 Å². The zero-order valence-corrected chi connectivity index (χ0v) is 16.8. The van der Waals surface area contributed by atoms with Crippen LogP contribution >= 0.6 is 0 Å². The molecule has 5 nitrogen and oxygen atoms in total. The number of sulfonamides is 1. The molecule has 144 valence electrons. The molecule has 1 amide bonds. The highest BCUT2D eigenvalue weighted by Gasteiger charge is 2.21. The van der Waals surface area contributed by atoms with Gasteiger partial charge in [-0.05, 0) is 55.3 Å². The van der Waals surface area contributed by atoms with E-state index in [0.29, 0.717) is 11.3 Å². The lowest BCUT2D eigenvalue weighted by Gasteiger charge is -2.20. The summed E-state index contributed by atoms with van der Waals surface area (Å²) in [6, 6.07) is 20.6. The maximum Gasteiger partial charge on any atom is 0.264 e. The van der Waals surface area contributed by atoms with E-state index in [2.05, 4.69) is 5.32 Å². The number of rotatable bonds is 5. The van der Waals surface area contributed by atoms with Crippen LogP contribution in [0.3, 0.4) is 0 Å². The normalized spacial score (nSPS) is 11.1. The third-order valence-electron chi connectivity index (χ3n) is 4.59. The second-order valence-electron chi connectivity index (χ2n) is 6.56. The third kappa shape index (κ3) is 3.92. The summed E-state index contributed by atoms with van der Waals surface area (Å²) in [7, 11) is -2.23. The topological polar surface area (TPSA) is 66.5 Å². The zero-order chi connectivity index (χ0) is 20.3. The average Bonchev–Trinajstić information content (AvgIpc) is 2.71. The Morgan fingerprint density at radius 2 is 1.46 bits per heavy atom. The SMILES string of the molecule is Cc1cccc(C)c1NC(=O)c1cccc(N(C)S(=O)(=O)c2ccccc2)c1. The molecule has 3 aromatic carbocycles. The van der Waals surface area contributed by atoms with Crippen LogP contribution in [0.5, 0.6) is 0 Å². The largest absolute Gasteiger partial charge is 0.322 e. The molecule has 6 heteroatoms. The van der Waals surface area contributed by atoms with Crippen molar-refractivity contribution >= 4 is 27.3 Å². The van der Waals surface area contributed by atoms with Gasteiger partial charge in [0, 0.05) is 18.3 Å². The smallest absolute Gasteiger partial charge is 0.264 e. The van der Waals surface area contributed by atoms with Gasteiger partial charge in [0.2, 0.25) is 0 Å². The molecule has 0 saturated carbocycles. The van der Waals surface area contributed by atoms with E-state index in [1.807, 2.05) is 32.0 Å². The van der Waals surface area contributed by atoms with E-state index >= 15 is 0 Å². The highest BCUT2D eigenvalue weighted by molar-refractivity contribution is 7.92. The Bertz CT molecular complexity index is 1090. The van der Waals surface area contributed by atoms with E-state index in [-0.39, 0.29) is 10.8 Å². The van der Waals surface area contributed by atoms with E-state index in [0.717, 1.165) is 16.8 Å². The minimum absolute atomic E-state index is 0.197. The van der Waals surface area contributed by atoms with Crippen LogP contribution < -0.4 is 9.62 Å². The molecular formula is C22H22N2O3S. The molecule has 0 saturated heterocycles. The molecule has 0 aliphatic rings. The van der Waals surface area contributed by atoms with Crippen molar-refractivity contribution in [3.8, 4) is 0 Å². The second-order valence-corrected chi connectivity index (χ2v) is 8.53. The van der Waals surface area contributed by atoms with Gasteiger partial charge in [0.05, 0.1) is 10.6 Å².